The molecule has 3 N–H and O–H groups in total. The number of primary amides is 1. The molecule has 1 heterocycles. The minimum atomic E-state index is -0.714. The van der Waals surface area contributed by atoms with Crippen molar-refractivity contribution in [3.63, 3.8) is 0 Å². The lowest BCUT2D eigenvalue weighted by atomic mass is 9.86. The Bertz CT molecular complexity index is 758. The van der Waals surface area contributed by atoms with Crippen molar-refractivity contribution in [1.82, 2.24) is 15.1 Å². The van der Waals surface area contributed by atoms with Gasteiger partial charge in [0.05, 0.1) is 17.6 Å². The number of nitrogens with one attached hydrogen (secondary N) is 1. The molecule has 0 fully saturated rings. The van der Waals surface area contributed by atoms with Gasteiger partial charge in [-0.15, -0.1) is 0 Å². The summed E-state index contributed by atoms with van der Waals surface area (Å²) in [4.78, 5) is 24.1. The Morgan fingerprint density at radius 3 is 2.56 bits per heavy atom. The third kappa shape index (κ3) is 4.59. The average Bonchev–Trinajstić information content (AvgIpc) is 2.87. The van der Waals surface area contributed by atoms with E-state index in [-0.39, 0.29) is 12.3 Å². The van der Waals surface area contributed by atoms with E-state index in [4.69, 9.17) is 5.73 Å². The Labute approximate surface area is 148 Å². The first-order valence-corrected chi connectivity index (χ1v) is 8.77. The van der Waals surface area contributed by atoms with Crippen LogP contribution in [0.3, 0.4) is 0 Å². The lowest BCUT2D eigenvalue weighted by Crippen LogP contribution is -2.52. The molecule has 6 nitrogen and oxygen atoms in total. The van der Waals surface area contributed by atoms with Gasteiger partial charge in [0.15, 0.2) is 0 Å². The number of para-hydroxylation sites is 1. The predicted molar refractivity (Wildman–Crippen MR) is 98.9 cm³/mol. The summed E-state index contributed by atoms with van der Waals surface area (Å²) in [6, 6.07) is 7.19. The summed E-state index contributed by atoms with van der Waals surface area (Å²) in [6.07, 6.45) is 2.24. The van der Waals surface area contributed by atoms with E-state index in [0.717, 1.165) is 36.0 Å². The van der Waals surface area contributed by atoms with Crippen LogP contribution in [-0.2, 0) is 22.6 Å². The topological polar surface area (TPSA) is 90.0 Å². The van der Waals surface area contributed by atoms with Crippen molar-refractivity contribution in [2.24, 2.45) is 11.1 Å². The van der Waals surface area contributed by atoms with Gasteiger partial charge in [0, 0.05) is 11.9 Å². The summed E-state index contributed by atoms with van der Waals surface area (Å²) in [6.45, 7) is 8.58. The Morgan fingerprint density at radius 2 is 1.96 bits per heavy atom. The summed E-state index contributed by atoms with van der Waals surface area (Å²) < 4.78 is 1.96. The fourth-order valence-electron chi connectivity index (χ4n) is 2.88. The predicted octanol–water partition coefficient (Wildman–Crippen LogP) is 2.40. The summed E-state index contributed by atoms with van der Waals surface area (Å²) in [5, 5.41) is 8.35. The van der Waals surface area contributed by atoms with Crippen LogP contribution in [0.1, 0.15) is 46.2 Å². The van der Waals surface area contributed by atoms with E-state index in [9.17, 15) is 9.59 Å². The van der Waals surface area contributed by atoms with E-state index in [1.807, 2.05) is 49.7 Å². The third-order valence-corrected chi connectivity index (χ3v) is 4.24. The van der Waals surface area contributed by atoms with Gasteiger partial charge in [-0.3, -0.25) is 14.3 Å². The summed E-state index contributed by atoms with van der Waals surface area (Å²) in [5.41, 5.74) is 6.75. The lowest BCUT2D eigenvalue weighted by Gasteiger charge is -2.28. The van der Waals surface area contributed by atoms with Crippen molar-refractivity contribution in [2.75, 3.05) is 0 Å². The molecule has 1 atom stereocenters. The van der Waals surface area contributed by atoms with Crippen molar-refractivity contribution < 1.29 is 9.59 Å². The van der Waals surface area contributed by atoms with Crippen molar-refractivity contribution >= 4 is 22.7 Å². The molecule has 0 saturated heterocycles. The Balaban J connectivity index is 2.22. The highest BCUT2D eigenvalue weighted by Crippen LogP contribution is 2.21. The number of fused-ring (bicyclic) bond motifs is 1. The Kier molecular flexibility index (Phi) is 5.82. The van der Waals surface area contributed by atoms with Crippen LogP contribution in [-0.4, -0.2) is 27.6 Å². The highest BCUT2D eigenvalue weighted by molar-refractivity contribution is 5.91. The molecule has 1 aromatic heterocycles. The quantitative estimate of drug-likeness (QED) is 0.808. The normalized spacial score (nSPS) is 13.0. The van der Waals surface area contributed by atoms with Gasteiger partial charge in [0.1, 0.15) is 6.04 Å². The lowest BCUT2D eigenvalue weighted by molar-refractivity contribution is -0.129. The Hall–Kier alpha value is -2.37. The molecule has 0 radical (unpaired) electrons. The fraction of sp³-hybridized carbons (Fsp3) is 0.526. The van der Waals surface area contributed by atoms with Crippen molar-refractivity contribution in [2.45, 2.75) is 59.5 Å². The van der Waals surface area contributed by atoms with E-state index in [1.165, 1.54) is 0 Å². The van der Waals surface area contributed by atoms with Gasteiger partial charge in [-0.1, -0.05) is 52.3 Å². The van der Waals surface area contributed by atoms with Crippen LogP contribution in [0.5, 0.6) is 0 Å². The number of nitrogens with two attached hydrogens (primary N) is 1. The molecule has 0 bridgehead atoms. The van der Waals surface area contributed by atoms with Gasteiger partial charge in [0.25, 0.3) is 0 Å². The van der Waals surface area contributed by atoms with Crippen molar-refractivity contribution in [3.05, 3.63) is 30.0 Å². The van der Waals surface area contributed by atoms with Gasteiger partial charge < -0.3 is 11.1 Å². The number of hydrogen-bond donors (Lipinski definition) is 2. The molecule has 25 heavy (non-hydrogen) atoms. The standard InChI is InChI=1S/C19H28N4O2/c1-5-6-11-23-15-10-8-7-9-13(15)14(22-23)12-16(24)21-17(18(20)25)19(2,3)4/h7-10,17H,5-6,11-12H2,1-4H3,(H2,20,25)(H,21,24)/t17-/m1/s1. The summed E-state index contributed by atoms with van der Waals surface area (Å²) >= 11 is 0. The van der Waals surface area contributed by atoms with Crippen molar-refractivity contribution in [1.29, 1.82) is 0 Å². The van der Waals surface area contributed by atoms with Gasteiger partial charge >= 0.3 is 0 Å². The maximum atomic E-state index is 12.5. The molecule has 136 valence electrons. The minimum absolute atomic E-state index is 0.125. The third-order valence-electron chi connectivity index (χ3n) is 4.24. The van der Waals surface area contributed by atoms with Crippen LogP contribution >= 0.6 is 0 Å². The average molecular weight is 344 g/mol. The molecule has 2 amide bonds. The first-order chi connectivity index (χ1) is 11.7. The molecule has 2 rings (SSSR count). The molecular weight excluding hydrogens is 316 g/mol. The van der Waals surface area contributed by atoms with Gasteiger partial charge in [-0.25, -0.2) is 0 Å². The second-order valence-corrected chi connectivity index (χ2v) is 7.49. The Morgan fingerprint density at radius 1 is 1.28 bits per heavy atom. The first-order valence-electron chi connectivity index (χ1n) is 8.77. The molecular formula is C19H28N4O2. The fourth-order valence-corrected chi connectivity index (χ4v) is 2.88. The number of unbranched alkanes of at least 4 members (excludes halogenated alkanes) is 1. The van der Waals surface area contributed by atoms with E-state index >= 15 is 0 Å². The van der Waals surface area contributed by atoms with Crippen LogP contribution < -0.4 is 11.1 Å². The molecule has 0 unspecified atom stereocenters. The zero-order chi connectivity index (χ0) is 18.6. The first kappa shape index (κ1) is 19.0. The zero-order valence-electron chi connectivity index (χ0n) is 15.5. The van der Waals surface area contributed by atoms with Crippen molar-refractivity contribution in [3.8, 4) is 0 Å². The number of benzene rings is 1. The van der Waals surface area contributed by atoms with Gasteiger partial charge in [-0.05, 0) is 17.9 Å². The monoisotopic (exact) mass is 344 g/mol. The van der Waals surface area contributed by atoms with E-state index in [0.29, 0.717) is 0 Å². The highest BCUT2D eigenvalue weighted by atomic mass is 16.2. The number of amides is 2. The van der Waals surface area contributed by atoms with Crippen LogP contribution in [0.15, 0.2) is 24.3 Å². The molecule has 2 aromatic rings. The molecule has 0 aliphatic rings. The summed E-state index contributed by atoms with van der Waals surface area (Å²) in [7, 11) is 0. The number of carbonyl (C=O) groups excluding carboxylic acids is 2. The molecule has 0 aliphatic carbocycles. The van der Waals surface area contributed by atoms with E-state index in [2.05, 4.69) is 17.3 Å². The second-order valence-electron chi connectivity index (χ2n) is 7.49. The molecule has 6 heteroatoms. The number of aryl methyl sites for hydroxylation is 1. The number of nitrogens with zero attached hydrogens (tertiary/aromatic N) is 2. The largest absolute Gasteiger partial charge is 0.368 e. The second kappa shape index (κ2) is 7.68. The number of rotatable bonds is 7. The SMILES string of the molecule is CCCCn1nc(CC(=O)N[C@H](C(N)=O)C(C)(C)C)c2ccccc21. The molecule has 0 spiro atoms. The molecule has 0 saturated carbocycles. The van der Waals surface area contributed by atoms with Crippen LogP contribution in [0, 0.1) is 5.41 Å². The smallest absolute Gasteiger partial charge is 0.240 e. The number of hydrogen-bond acceptors (Lipinski definition) is 3. The number of carbonyl (C=O) groups is 2. The van der Waals surface area contributed by atoms with E-state index in [1.54, 1.807) is 0 Å². The van der Waals surface area contributed by atoms with Crippen LogP contribution in [0.25, 0.3) is 10.9 Å². The molecule has 1 aromatic carbocycles. The van der Waals surface area contributed by atoms with Crippen LogP contribution in [0.4, 0.5) is 0 Å². The highest BCUT2D eigenvalue weighted by Gasteiger charge is 2.31. The molecule has 0 aliphatic heterocycles. The summed E-state index contributed by atoms with van der Waals surface area (Å²) in [5.74, 6) is -0.774. The maximum absolute atomic E-state index is 12.5. The van der Waals surface area contributed by atoms with E-state index < -0.39 is 17.4 Å². The maximum Gasteiger partial charge on any atom is 0.240 e. The minimum Gasteiger partial charge on any atom is -0.368 e. The zero-order valence-corrected chi connectivity index (χ0v) is 15.5. The van der Waals surface area contributed by atoms with Gasteiger partial charge in [-0.2, -0.15) is 5.10 Å². The number of aromatic nitrogens is 2. The van der Waals surface area contributed by atoms with Crippen LogP contribution in [0.2, 0.25) is 0 Å². The van der Waals surface area contributed by atoms with Gasteiger partial charge in [0.2, 0.25) is 11.8 Å².